The van der Waals surface area contributed by atoms with Gasteiger partial charge in [-0.15, -0.1) is 0 Å². The minimum absolute atomic E-state index is 0.00753. The average Bonchev–Trinajstić information content (AvgIpc) is 3.17. The summed E-state index contributed by atoms with van der Waals surface area (Å²) in [5.74, 6) is 0.911. The van der Waals surface area contributed by atoms with Crippen molar-refractivity contribution in [3.63, 3.8) is 0 Å². The number of ether oxygens (including phenoxy) is 3. The van der Waals surface area contributed by atoms with E-state index in [-0.39, 0.29) is 29.3 Å². The van der Waals surface area contributed by atoms with Crippen molar-refractivity contribution in [3.05, 3.63) is 36.4 Å². The average molecular weight is 359 g/mol. The van der Waals surface area contributed by atoms with Gasteiger partial charge in [0.05, 0.1) is 18.4 Å². The second-order valence-electron chi connectivity index (χ2n) is 7.70. The fourth-order valence-corrected chi connectivity index (χ4v) is 4.06. The van der Waals surface area contributed by atoms with Crippen LogP contribution in [-0.4, -0.2) is 31.5 Å². The number of fused-ring (bicyclic) bond motifs is 1. The molecule has 5 nitrogen and oxygen atoms in total. The molecule has 2 aliphatic rings. The first-order chi connectivity index (χ1) is 12.4. The summed E-state index contributed by atoms with van der Waals surface area (Å²) in [6.07, 6.45) is 4.62. The number of para-hydroxylation sites is 2. The molecule has 1 aromatic rings. The fourth-order valence-electron chi connectivity index (χ4n) is 4.06. The Morgan fingerprint density at radius 2 is 1.96 bits per heavy atom. The molecule has 0 saturated carbocycles. The minimum Gasteiger partial charge on any atom is -0.466 e. The number of hydrogen-bond donors (Lipinski definition) is 1. The maximum atomic E-state index is 12.7. The SMILES string of the molecule is CC=CC(C)(C)C[C@H]1NC[C@H](C2Oc3ccccc3O2)[C@@H]1C(=O)OCC. The van der Waals surface area contributed by atoms with E-state index in [1.807, 2.05) is 38.1 Å². The predicted octanol–water partition coefficient (Wildman–Crippen LogP) is 3.54. The van der Waals surface area contributed by atoms with Gasteiger partial charge in [0.15, 0.2) is 11.5 Å². The van der Waals surface area contributed by atoms with Crippen molar-refractivity contribution in [2.24, 2.45) is 17.3 Å². The van der Waals surface area contributed by atoms with E-state index >= 15 is 0 Å². The van der Waals surface area contributed by atoms with E-state index in [0.717, 1.165) is 17.9 Å². The number of rotatable bonds is 6. The first kappa shape index (κ1) is 18.8. The molecule has 0 aliphatic carbocycles. The Bertz CT molecular complexity index is 645. The Morgan fingerprint density at radius 3 is 2.54 bits per heavy atom. The van der Waals surface area contributed by atoms with Crippen LogP contribution in [0.1, 0.15) is 34.1 Å². The molecule has 0 spiro atoms. The maximum absolute atomic E-state index is 12.7. The number of benzene rings is 1. The van der Waals surface area contributed by atoms with Crippen molar-refractivity contribution in [2.75, 3.05) is 13.2 Å². The van der Waals surface area contributed by atoms with Gasteiger partial charge >= 0.3 is 5.97 Å². The van der Waals surface area contributed by atoms with Gasteiger partial charge < -0.3 is 19.5 Å². The van der Waals surface area contributed by atoms with Crippen LogP contribution in [0.5, 0.6) is 11.5 Å². The number of hydrogen-bond acceptors (Lipinski definition) is 5. The van der Waals surface area contributed by atoms with Gasteiger partial charge in [-0.1, -0.05) is 38.1 Å². The number of carbonyl (C=O) groups is 1. The molecule has 26 heavy (non-hydrogen) atoms. The molecular formula is C21H29NO4. The van der Waals surface area contributed by atoms with E-state index in [4.69, 9.17) is 14.2 Å². The van der Waals surface area contributed by atoms with E-state index in [9.17, 15) is 4.79 Å². The van der Waals surface area contributed by atoms with E-state index < -0.39 is 6.29 Å². The minimum atomic E-state index is -0.468. The van der Waals surface area contributed by atoms with Crippen LogP contribution in [0.25, 0.3) is 0 Å². The second-order valence-corrected chi connectivity index (χ2v) is 7.70. The van der Waals surface area contributed by atoms with Crippen LogP contribution < -0.4 is 14.8 Å². The molecule has 2 aliphatic heterocycles. The number of nitrogens with one attached hydrogen (secondary N) is 1. The summed E-state index contributed by atoms with van der Waals surface area (Å²) in [5, 5.41) is 3.52. The fraction of sp³-hybridized carbons (Fsp3) is 0.571. The lowest BCUT2D eigenvalue weighted by Gasteiger charge is -2.29. The molecule has 3 rings (SSSR count). The summed E-state index contributed by atoms with van der Waals surface area (Å²) in [6, 6.07) is 7.65. The van der Waals surface area contributed by atoms with Crippen molar-refractivity contribution < 1.29 is 19.0 Å². The van der Waals surface area contributed by atoms with Crippen LogP contribution in [0.3, 0.4) is 0 Å². The van der Waals surface area contributed by atoms with Crippen LogP contribution in [0.15, 0.2) is 36.4 Å². The third-order valence-corrected chi connectivity index (χ3v) is 5.12. The van der Waals surface area contributed by atoms with E-state index in [1.165, 1.54) is 0 Å². The zero-order chi connectivity index (χ0) is 18.7. The second kappa shape index (κ2) is 7.70. The van der Waals surface area contributed by atoms with E-state index in [0.29, 0.717) is 13.2 Å². The highest BCUT2D eigenvalue weighted by Crippen LogP contribution is 2.41. The molecule has 1 aromatic carbocycles. The van der Waals surface area contributed by atoms with Gasteiger partial charge in [-0.05, 0) is 37.8 Å². The summed E-state index contributed by atoms with van der Waals surface area (Å²) in [6.45, 7) is 9.27. The van der Waals surface area contributed by atoms with Crippen LogP contribution in [0.2, 0.25) is 0 Å². The molecule has 0 bridgehead atoms. The molecule has 5 heteroatoms. The Morgan fingerprint density at radius 1 is 1.31 bits per heavy atom. The molecule has 3 atom stereocenters. The standard InChI is InChI=1S/C21H29NO4/c1-5-11-21(3,4)12-15-18(19(23)24-6-2)14(13-22-15)20-25-16-9-7-8-10-17(16)26-20/h5,7-11,14-15,18,20,22H,6,12-13H2,1-4H3/t14-,15+,18-/m0/s1. The number of esters is 1. The smallest absolute Gasteiger partial charge is 0.311 e. The van der Waals surface area contributed by atoms with Crippen LogP contribution in [-0.2, 0) is 9.53 Å². The van der Waals surface area contributed by atoms with Gasteiger partial charge in [-0.25, -0.2) is 0 Å². The van der Waals surface area contributed by atoms with Crippen molar-refractivity contribution >= 4 is 5.97 Å². The lowest BCUT2D eigenvalue weighted by atomic mass is 9.79. The van der Waals surface area contributed by atoms with Gasteiger partial charge in [0.25, 0.3) is 0 Å². The summed E-state index contributed by atoms with van der Waals surface area (Å²) >= 11 is 0. The van der Waals surface area contributed by atoms with Gasteiger partial charge in [-0.3, -0.25) is 4.79 Å². The number of carbonyl (C=O) groups excluding carboxylic acids is 1. The van der Waals surface area contributed by atoms with Gasteiger partial charge in [0.1, 0.15) is 0 Å². The largest absolute Gasteiger partial charge is 0.466 e. The molecular weight excluding hydrogens is 330 g/mol. The molecule has 0 aromatic heterocycles. The van der Waals surface area contributed by atoms with Crippen LogP contribution in [0.4, 0.5) is 0 Å². The van der Waals surface area contributed by atoms with Gasteiger partial charge in [0, 0.05) is 12.6 Å². The lowest BCUT2D eigenvalue weighted by molar-refractivity contribution is -0.153. The molecule has 2 heterocycles. The molecule has 1 fully saturated rings. The summed E-state index contributed by atoms with van der Waals surface area (Å²) in [7, 11) is 0. The third kappa shape index (κ3) is 3.88. The summed E-state index contributed by atoms with van der Waals surface area (Å²) in [4.78, 5) is 12.7. The topological polar surface area (TPSA) is 56.8 Å². The zero-order valence-corrected chi connectivity index (χ0v) is 16.0. The Hall–Kier alpha value is -2.01. The van der Waals surface area contributed by atoms with Crippen molar-refractivity contribution in [3.8, 4) is 11.5 Å². The van der Waals surface area contributed by atoms with Crippen molar-refractivity contribution in [1.82, 2.24) is 5.32 Å². The lowest BCUT2D eigenvalue weighted by Crippen LogP contribution is -2.41. The molecule has 142 valence electrons. The first-order valence-corrected chi connectivity index (χ1v) is 9.41. The number of allylic oxidation sites excluding steroid dienone is 2. The highest BCUT2D eigenvalue weighted by molar-refractivity contribution is 5.74. The van der Waals surface area contributed by atoms with Crippen LogP contribution in [0, 0.1) is 17.3 Å². The molecule has 0 unspecified atom stereocenters. The Balaban J connectivity index is 1.78. The summed E-state index contributed by atoms with van der Waals surface area (Å²) < 4.78 is 17.4. The normalized spacial score (nSPS) is 25.8. The maximum Gasteiger partial charge on any atom is 0.311 e. The third-order valence-electron chi connectivity index (χ3n) is 5.12. The first-order valence-electron chi connectivity index (χ1n) is 9.41. The Kier molecular flexibility index (Phi) is 5.56. The molecule has 1 saturated heterocycles. The molecule has 1 N–H and O–H groups in total. The van der Waals surface area contributed by atoms with E-state index in [1.54, 1.807) is 0 Å². The molecule has 0 amide bonds. The van der Waals surface area contributed by atoms with Crippen molar-refractivity contribution in [1.29, 1.82) is 0 Å². The zero-order valence-electron chi connectivity index (χ0n) is 16.0. The van der Waals surface area contributed by atoms with E-state index in [2.05, 4.69) is 31.3 Å². The highest BCUT2D eigenvalue weighted by Gasteiger charge is 2.49. The highest BCUT2D eigenvalue weighted by atomic mass is 16.7. The Labute approximate surface area is 155 Å². The van der Waals surface area contributed by atoms with Gasteiger partial charge in [-0.2, -0.15) is 0 Å². The quantitative estimate of drug-likeness (QED) is 0.622. The monoisotopic (exact) mass is 359 g/mol. The van der Waals surface area contributed by atoms with Gasteiger partial charge in [0.2, 0.25) is 6.29 Å². The van der Waals surface area contributed by atoms with Crippen molar-refractivity contribution in [2.45, 2.75) is 46.4 Å². The summed E-state index contributed by atoms with van der Waals surface area (Å²) in [5.41, 5.74) is -0.00753. The molecule has 0 radical (unpaired) electrons. The van der Waals surface area contributed by atoms with Crippen LogP contribution >= 0.6 is 0 Å². The predicted molar refractivity (Wildman–Crippen MR) is 100 cm³/mol.